The highest BCUT2D eigenvalue weighted by Gasteiger charge is 2.17. The van der Waals surface area contributed by atoms with Crippen molar-refractivity contribution in [3.63, 3.8) is 0 Å². The van der Waals surface area contributed by atoms with E-state index in [1.165, 1.54) is 16.6 Å². The summed E-state index contributed by atoms with van der Waals surface area (Å²) in [5, 5.41) is 11.1. The van der Waals surface area contributed by atoms with Gasteiger partial charge in [-0.05, 0) is 44.2 Å². The van der Waals surface area contributed by atoms with E-state index >= 15 is 0 Å². The van der Waals surface area contributed by atoms with Crippen molar-refractivity contribution >= 4 is 28.9 Å². The number of thioether (sulfide) groups is 1. The first-order valence-corrected chi connectivity index (χ1v) is 10.7. The Balaban J connectivity index is 1.62. The Morgan fingerprint density at radius 3 is 2.88 bits per heavy atom. The number of carbonyl (C=O) groups is 1. The number of ketones is 1. The smallest absolute Gasteiger partial charge is 0.191 e. The number of thiophene rings is 1. The molecule has 0 atom stereocenters. The molecule has 3 rings (SSSR count). The van der Waals surface area contributed by atoms with E-state index in [9.17, 15) is 4.79 Å². The summed E-state index contributed by atoms with van der Waals surface area (Å²) in [6, 6.07) is 6.21. The third kappa shape index (κ3) is 4.27. The number of aromatic nitrogens is 4. The fraction of sp³-hybridized carbons (Fsp3) is 0.421. The summed E-state index contributed by atoms with van der Waals surface area (Å²) in [6.45, 7) is 8.03. The van der Waals surface area contributed by atoms with Gasteiger partial charge in [0.1, 0.15) is 6.33 Å². The molecule has 0 aliphatic heterocycles. The highest BCUT2D eigenvalue weighted by Crippen LogP contribution is 2.21. The lowest BCUT2D eigenvalue weighted by Crippen LogP contribution is -2.08. The first-order valence-electron chi connectivity index (χ1n) is 8.83. The molecular weight excluding hydrogens is 364 g/mol. The zero-order chi connectivity index (χ0) is 18.5. The lowest BCUT2D eigenvalue weighted by molar-refractivity contribution is 0.102. The topological polar surface area (TPSA) is 52.7 Å². The molecule has 0 bridgehead atoms. The predicted octanol–water partition coefficient (Wildman–Crippen LogP) is 4.39. The molecule has 0 fully saturated rings. The number of nitrogens with zero attached hydrogens (tertiary/aromatic N) is 4. The maximum absolute atomic E-state index is 12.7. The van der Waals surface area contributed by atoms with Gasteiger partial charge in [-0.25, -0.2) is 0 Å². The molecule has 0 spiro atoms. The van der Waals surface area contributed by atoms with Gasteiger partial charge >= 0.3 is 0 Å². The Labute approximate surface area is 162 Å². The van der Waals surface area contributed by atoms with Gasteiger partial charge in [-0.2, -0.15) is 0 Å². The van der Waals surface area contributed by atoms with E-state index in [1.807, 2.05) is 17.6 Å². The lowest BCUT2D eigenvalue weighted by atomic mass is 10.2. The van der Waals surface area contributed by atoms with Crippen molar-refractivity contribution in [2.24, 2.45) is 0 Å². The summed E-state index contributed by atoms with van der Waals surface area (Å²) in [6.07, 6.45) is 3.76. The van der Waals surface area contributed by atoms with E-state index in [2.05, 4.69) is 46.1 Å². The standard InChI is InChI=1S/C19H24N4OS2/c1-4-8-23-14(2)11-17(15(23)3)18(24)12-26-19-21-20-13-22(19)9-7-16-6-5-10-25-16/h5-6,10-11,13H,4,7-9,12H2,1-3H3. The predicted molar refractivity (Wildman–Crippen MR) is 107 cm³/mol. The minimum Gasteiger partial charge on any atom is -0.348 e. The third-order valence-electron chi connectivity index (χ3n) is 4.41. The van der Waals surface area contributed by atoms with Gasteiger partial charge in [0.05, 0.1) is 5.75 Å². The van der Waals surface area contributed by atoms with Crippen molar-refractivity contribution < 1.29 is 4.79 Å². The van der Waals surface area contributed by atoms with Crippen molar-refractivity contribution in [1.82, 2.24) is 19.3 Å². The SMILES string of the molecule is CCCn1c(C)cc(C(=O)CSc2nncn2CCc2cccs2)c1C. The summed E-state index contributed by atoms with van der Waals surface area (Å²) in [7, 11) is 0. The molecule has 0 N–H and O–H groups in total. The summed E-state index contributed by atoms with van der Waals surface area (Å²) in [5.74, 6) is 0.534. The summed E-state index contributed by atoms with van der Waals surface area (Å²) >= 11 is 3.22. The quantitative estimate of drug-likeness (QED) is 0.403. The molecule has 5 nitrogen and oxygen atoms in total. The third-order valence-corrected chi connectivity index (χ3v) is 6.33. The minimum absolute atomic E-state index is 0.151. The molecule has 0 aromatic carbocycles. The molecule has 0 aliphatic rings. The molecule has 0 aliphatic carbocycles. The monoisotopic (exact) mass is 388 g/mol. The van der Waals surface area contributed by atoms with Crippen LogP contribution in [0.5, 0.6) is 0 Å². The van der Waals surface area contributed by atoms with Gasteiger partial charge in [-0.15, -0.1) is 21.5 Å². The van der Waals surface area contributed by atoms with Gasteiger partial charge in [0.15, 0.2) is 10.9 Å². The second-order valence-electron chi connectivity index (χ2n) is 6.28. The minimum atomic E-state index is 0.151. The number of hydrogen-bond acceptors (Lipinski definition) is 5. The Bertz CT molecular complexity index is 864. The van der Waals surface area contributed by atoms with Crippen LogP contribution in [0, 0.1) is 13.8 Å². The van der Waals surface area contributed by atoms with Gasteiger partial charge in [0.25, 0.3) is 0 Å². The zero-order valence-electron chi connectivity index (χ0n) is 15.4. The van der Waals surface area contributed by atoms with E-state index < -0.39 is 0 Å². The molecule has 3 aromatic rings. The van der Waals surface area contributed by atoms with Crippen LogP contribution in [0.2, 0.25) is 0 Å². The maximum atomic E-state index is 12.7. The van der Waals surface area contributed by atoms with Crippen LogP contribution >= 0.6 is 23.1 Å². The molecule has 0 saturated carbocycles. The molecule has 138 valence electrons. The molecule has 26 heavy (non-hydrogen) atoms. The van der Waals surface area contributed by atoms with Crippen molar-refractivity contribution in [3.8, 4) is 0 Å². The van der Waals surface area contributed by atoms with E-state index in [4.69, 9.17) is 0 Å². The molecule has 3 heterocycles. The van der Waals surface area contributed by atoms with E-state index in [1.54, 1.807) is 17.7 Å². The molecule has 3 aromatic heterocycles. The average Bonchev–Trinajstić information content (AvgIpc) is 3.35. The number of hydrogen-bond donors (Lipinski definition) is 0. The first kappa shape index (κ1) is 18.9. The van der Waals surface area contributed by atoms with E-state index in [0.717, 1.165) is 48.0 Å². The zero-order valence-corrected chi connectivity index (χ0v) is 17.1. The average molecular weight is 389 g/mol. The van der Waals surface area contributed by atoms with E-state index in [0.29, 0.717) is 5.75 Å². The summed E-state index contributed by atoms with van der Waals surface area (Å²) in [4.78, 5) is 14.0. The van der Waals surface area contributed by atoms with Crippen LogP contribution in [0.25, 0.3) is 0 Å². The van der Waals surface area contributed by atoms with Gasteiger partial charge < -0.3 is 9.13 Å². The van der Waals surface area contributed by atoms with Gasteiger partial charge in [-0.1, -0.05) is 24.8 Å². The number of carbonyl (C=O) groups excluding carboxylic acids is 1. The Hall–Kier alpha value is -1.86. The Kier molecular flexibility index (Phi) is 6.32. The first-order chi connectivity index (χ1) is 12.6. The number of aryl methyl sites for hydroxylation is 3. The largest absolute Gasteiger partial charge is 0.348 e. The molecule has 0 radical (unpaired) electrons. The van der Waals surface area contributed by atoms with Crippen molar-refractivity contribution in [3.05, 3.63) is 51.7 Å². The fourth-order valence-corrected chi connectivity index (χ4v) is 4.58. The van der Waals surface area contributed by atoms with Gasteiger partial charge in [-0.3, -0.25) is 4.79 Å². The van der Waals surface area contributed by atoms with Gasteiger partial charge in [0, 0.05) is 34.9 Å². The summed E-state index contributed by atoms with van der Waals surface area (Å²) < 4.78 is 4.25. The number of rotatable bonds is 9. The summed E-state index contributed by atoms with van der Waals surface area (Å²) in [5.41, 5.74) is 3.04. The van der Waals surface area contributed by atoms with Crippen LogP contribution < -0.4 is 0 Å². The molecule has 0 amide bonds. The van der Waals surface area contributed by atoms with Crippen LogP contribution in [-0.2, 0) is 19.5 Å². The number of Topliss-reactive ketones (excluding diaryl/α,β-unsaturated/α-hetero) is 1. The highest BCUT2D eigenvalue weighted by atomic mass is 32.2. The molecule has 0 unspecified atom stereocenters. The van der Waals surface area contributed by atoms with Crippen molar-refractivity contribution in [1.29, 1.82) is 0 Å². The second-order valence-corrected chi connectivity index (χ2v) is 8.26. The van der Waals surface area contributed by atoms with Crippen LogP contribution in [0.3, 0.4) is 0 Å². The molecular formula is C19H24N4OS2. The van der Waals surface area contributed by atoms with Crippen LogP contribution in [-0.4, -0.2) is 30.9 Å². The molecule has 0 saturated heterocycles. The lowest BCUT2D eigenvalue weighted by Gasteiger charge is -2.08. The van der Waals surface area contributed by atoms with E-state index in [-0.39, 0.29) is 5.78 Å². The van der Waals surface area contributed by atoms with Crippen molar-refractivity contribution in [2.75, 3.05) is 5.75 Å². The fourth-order valence-electron chi connectivity index (χ4n) is 3.05. The van der Waals surface area contributed by atoms with Crippen LogP contribution in [0.1, 0.15) is 40.0 Å². The Morgan fingerprint density at radius 2 is 2.15 bits per heavy atom. The van der Waals surface area contributed by atoms with Crippen LogP contribution in [0.4, 0.5) is 0 Å². The van der Waals surface area contributed by atoms with Crippen LogP contribution in [0.15, 0.2) is 35.1 Å². The normalized spacial score (nSPS) is 11.2. The maximum Gasteiger partial charge on any atom is 0.191 e. The second kappa shape index (κ2) is 8.68. The molecule has 7 heteroatoms. The highest BCUT2D eigenvalue weighted by molar-refractivity contribution is 7.99. The Morgan fingerprint density at radius 1 is 1.31 bits per heavy atom. The van der Waals surface area contributed by atoms with Crippen molar-refractivity contribution in [2.45, 2.75) is 51.9 Å². The van der Waals surface area contributed by atoms with Gasteiger partial charge in [0.2, 0.25) is 0 Å².